The van der Waals surface area contributed by atoms with E-state index in [-0.39, 0.29) is 5.69 Å². The maximum Gasteiger partial charge on any atom is 0.292 e. The van der Waals surface area contributed by atoms with E-state index in [1.165, 1.54) is 6.07 Å². The molecule has 1 aromatic carbocycles. The van der Waals surface area contributed by atoms with E-state index in [1.54, 1.807) is 12.3 Å². The monoisotopic (exact) mass is 321 g/mol. The third kappa shape index (κ3) is 2.90. The van der Waals surface area contributed by atoms with Crippen LogP contribution in [0.1, 0.15) is 11.1 Å². The van der Waals surface area contributed by atoms with Crippen LogP contribution in [0.25, 0.3) is 0 Å². The lowest BCUT2D eigenvalue weighted by Gasteiger charge is -2.11. The smallest absolute Gasteiger partial charge is 0.292 e. The van der Waals surface area contributed by atoms with Crippen LogP contribution in [-0.4, -0.2) is 9.91 Å². The van der Waals surface area contributed by atoms with Gasteiger partial charge in [-0.3, -0.25) is 10.1 Å². The van der Waals surface area contributed by atoms with Crippen molar-refractivity contribution < 1.29 is 4.92 Å². The number of aryl methyl sites for hydroxylation is 2. The van der Waals surface area contributed by atoms with E-state index in [4.69, 9.17) is 0 Å². The summed E-state index contributed by atoms with van der Waals surface area (Å²) >= 11 is 3.29. The van der Waals surface area contributed by atoms with Crippen molar-refractivity contribution in [1.29, 1.82) is 0 Å². The molecule has 0 aliphatic carbocycles. The first-order chi connectivity index (χ1) is 8.99. The van der Waals surface area contributed by atoms with Gasteiger partial charge in [0.15, 0.2) is 0 Å². The van der Waals surface area contributed by atoms with E-state index >= 15 is 0 Å². The lowest BCUT2D eigenvalue weighted by Crippen LogP contribution is -2.01. The van der Waals surface area contributed by atoms with E-state index in [1.807, 2.05) is 26.0 Å². The SMILES string of the molecule is Cc1cc(Br)ncc1Nc1c(C)cccc1[N+](=O)[O-]. The molecule has 0 saturated carbocycles. The van der Waals surface area contributed by atoms with Crippen molar-refractivity contribution in [2.75, 3.05) is 5.32 Å². The van der Waals surface area contributed by atoms with Gasteiger partial charge in [-0.1, -0.05) is 12.1 Å². The molecule has 0 unspecified atom stereocenters. The number of anilines is 2. The molecule has 2 rings (SSSR count). The van der Waals surface area contributed by atoms with Crippen LogP contribution in [0, 0.1) is 24.0 Å². The molecule has 0 amide bonds. The lowest BCUT2D eigenvalue weighted by atomic mass is 10.1. The van der Waals surface area contributed by atoms with Crippen molar-refractivity contribution in [1.82, 2.24) is 4.98 Å². The molecule has 5 nitrogen and oxygen atoms in total. The fourth-order valence-electron chi connectivity index (χ4n) is 1.75. The average molecular weight is 322 g/mol. The topological polar surface area (TPSA) is 68.1 Å². The number of aromatic nitrogens is 1. The number of benzene rings is 1. The van der Waals surface area contributed by atoms with Crippen LogP contribution in [0.4, 0.5) is 17.1 Å². The van der Waals surface area contributed by atoms with Gasteiger partial charge in [0.25, 0.3) is 5.69 Å². The minimum atomic E-state index is -0.392. The molecule has 0 fully saturated rings. The molecule has 1 heterocycles. The Labute approximate surface area is 119 Å². The summed E-state index contributed by atoms with van der Waals surface area (Å²) in [5.74, 6) is 0. The summed E-state index contributed by atoms with van der Waals surface area (Å²) < 4.78 is 0.731. The summed E-state index contributed by atoms with van der Waals surface area (Å²) in [7, 11) is 0. The van der Waals surface area contributed by atoms with Gasteiger partial charge >= 0.3 is 0 Å². The van der Waals surface area contributed by atoms with E-state index in [2.05, 4.69) is 26.2 Å². The minimum absolute atomic E-state index is 0.0577. The van der Waals surface area contributed by atoms with Gasteiger partial charge in [0.1, 0.15) is 10.3 Å². The first kappa shape index (κ1) is 13.5. The number of nitro groups is 1. The average Bonchev–Trinajstić information content (AvgIpc) is 2.34. The summed E-state index contributed by atoms with van der Waals surface area (Å²) in [5, 5.41) is 14.1. The molecule has 0 saturated heterocycles. The number of hydrogen-bond donors (Lipinski definition) is 1. The van der Waals surface area contributed by atoms with Gasteiger partial charge in [-0.05, 0) is 47.0 Å². The van der Waals surface area contributed by atoms with Crippen LogP contribution >= 0.6 is 15.9 Å². The van der Waals surface area contributed by atoms with Crippen molar-refractivity contribution in [3.8, 4) is 0 Å². The molecule has 98 valence electrons. The number of halogens is 1. The number of para-hydroxylation sites is 1. The van der Waals surface area contributed by atoms with E-state index in [0.29, 0.717) is 5.69 Å². The Morgan fingerprint density at radius 1 is 1.32 bits per heavy atom. The summed E-state index contributed by atoms with van der Waals surface area (Å²) in [6.45, 7) is 3.75. The zero-order chi connectivity index (χ0) is 14.0. The Hall–Kier alpha value is -1.95. The molecule has 19 heavy (non-hydrogen) atoms. The first-order valence-corrected chi connectivity index (χ1v) is 6.41. The molecule has 0 aliphatic heterocycles. The van der Waals surface area contributed by atoms with Crippen molar-refractivity contribution in [3.63, 3.8) is 0 Å². The van der Waals surface area contributed by atoms with Crippen molar-refractivity contribution in [2.24, 2.45) is 0 Å². The number of nitrogens with one attached hydrogen (secondary N) is 1. The van der Waals surface area contributed by atoms with E-state index < -0.39 is 4.92 Å². The van der Waals surface area contributed by atoms with Crippen LogP contribution in [-0.2, 0) is 0 Å². The number of nitro benzene ring substituents is 1. The van der Waals surface area contributed by atoms with E-state index in [9.17, 15) is 10.1 Å². The third-order valence-corrected chi connectivity index (χ3v) is 3.22. The van der Waals surface area contributed by atoms with Gasteiger partial charge in [0, 0.05) is 6.07 Å². The first-order valence-electron chi connectivity index (χ1n) is 5.62. The summed E-state index contributed by atoms with van der Waals surface area (Å²) in [5.41, 5.74) is 3.08. The molecule has 0 atom stereocenters. The fraction of sp³-hybridized carbons (Fsp3) is 0.154. The molecule has 0 radical (unpaired) electrons. The second kappa shape index (κ2) is 5.36. The Morgan fingerprint density at radius 3 is 2.68 bits per heavy atom. The third-order valence-electron chi connectivity index (χ3n) is 2.78. The molecule has 0 spiro atoms. The highest BCUT2D eigenvalue weighted by molar-refractivity contribution is 9.10. The van der Waals surface area contributed by atoms with Crippen LogP contribution in [0.15, 0.2) is 35.1 Å². The largest absolute Gasteiger partial charge is 0.348 e. The van der Waals surface area contributed by atoms with Crippen molar-refractivity contribution in [2.45, 2.75) is 13.8 Å². The van der Waals surface area contributed by atoms with Crippen molar-refractivity contribution >= 4 is 33.0 Å². The maximum absolute atomic E-state index is 11.0. The molecule has 1 N–H and O–H groups in total. The van der Waals surface area contributed by atoms with Gasteiger partial charge in [-0.15, -0.1) is 0 Å². The number of pyridine rings is 1. The predicted octanol–water partition coefficient (Wildman–Crippen LogP) is 4.11. The van der Waals surface area contributed by atoms with Crippen molar-refractivity contribution in [3.05, 3.63) is 56.3 Å². The Morgan fingerprint density at radius 2 is 2.05 bits per heavy atom. The molecule has 2 aromatic rings. The zero-order valence-corrected chi connectivity index (χ0v) is 12.1. The minimum Gasteiger partial charge on any atom is -0.348 e. The standard InChI is InChI=1S/C13H12BrN3O2/c1-8-4-3-5-11(17(18)19)13(8)16-10-7-15-12(14)6-9(10)2/h3-7,16H,1-2H3. The second-order valence-corrected chi connectivity index (χ2v) is 4.99. The summed E-state index contributed by atoms with van der Waals surface area (Å²) in [6, 6.07) is 6.84. The highest BCUT2D eigenvalue weighted by Crippen LogP contribution is 2.31. The quantitative estimate of drug-likeness (QED) is 0.524. The maximum atomic E-state index is 11.0. The normalized spacial score (nSPS) is 10.3. The number of nitrogens with zero attached hydrogens (tertiary/aromatic N) is 2. The summed E-state index contributed by atoms with van der Waals surface area (Å²) in [6.07, 6.45) is 1.65. The van der Waals surface area contributed by atoms with Crippen LogP contribution in [0.3, 0.4) is 0 Å². The molecule has 0 aliphatic rings. The summed E-state index contributed by atoms with van der Waals surface area (Å²) in [4.78, 5) is 14.8. The van der Waals surface area contributed by atoms with Gasteiger partial charge < -0.3 is 5.32 Å². The number of rotatable bonds is 3. The Bertz CT molecular complexity index is 644. The highest BCUT2D eigenvalue weighted by atomic mass is 79.9. The number of hydrogen-bond acceptors (Lipinski definition) is 4. The van der Waals surface area contributed by atoms with Gasteiger partial charge in [-0.25, -0.2) is 4.98 Å². The zero-order valence-electron chi connectivity index (χ0n) is 10.5. The molecule has 0 bridgehead atoms. The Balaban J connectivity index is 2.46. The fourth-order valence-corrected chi connectivity index (χ4v) is 2.20. The van der Waals surface area contributed by atoms with E-state index in [0.717, 1.165) is 21.4 Å². The van der Waals surface area contributed by atoms with Crippen LogP contribution < -0.4 is 5.32 Å². The highest BCUT2D eigenvalue weighted by Gasteiger charge is 2.16. The Kier molecular flexibility index (Phi) is 3.80. The van der Waals surface area contributed by atoms with Gasteiger partial charge in [0.05, 0.1) is 16.8 Å². The molecular formula is C13H12BrN3O2. The molecular weight excluding hydrogens is 310 g/mol. The van der Waals surface area contributed by atoms with Crippen LogP contribution in [0.2, 0.25) is 0 Å². The predicted molar refractivity (Wildman–Crippen MR) is 77.8 cm³/mol. The van der Waals surface area contributed by atoms with Gasteiger partial charge in [0.2, 0.25) is 0 Å². The van der Waals surface area contributed by atoms with Crippen LogP contribution in [0.5, 0.6) is 0 Å². The van der Waals surface area contributed by atoms with Gasteiger partial charge in [-0.2, -0.15) is 0 Å². The lowest BCUT2D eigenvalue weighted by molar-refractivity contribution is -0.383. The second-order valence-electron chi connectivity index (χ2n) is 4.17. The molecule has 6 heteroatoms. The molecule has 1 aromatic heterocycles.